The van der Waals surface area contributed by atoms with E-state index in [1.165, 1.54) is 5.56 Å². The van der Waals surface area contributed by atoms with E-state index in [0.717, 1.165) is 32.8 Å². The second-order valence-electron chi connectivity index (χ2n) is 4.80. The number of nitrogens with zero attached hydrogens (tertiary/aromatic N) is 1. The molecular weight excluding hydrogens is 190 g/mol. The largest absolute Gasteiger partial charge is 0.508 e. The number of ether oxygens (including phenoxy) is 1. The third kappa shape index (κ3) is 1.62. The zero-order valence-electron chi connectivity index (χ0n) is 8.65. The molecule has 0 atom stereocenters. The summed E-state index contributed by atoms with van der Waals surface area (Å²) in [5, 5.41) is 9.16. The third-order valence-electron chi connectivity index (χ3n) is 3.28. The number of likely N-dealkylation sites (tertiary alicyclic amines) is 1. The van der Waals surface area contributed by atoms with Crippen LogP contribution in [0.1, 0.15) is 5.56 Å². The van der Waals surface area contributed by atoms with Crippen molar-refractivity contribution in [3.8, 4) is 5.75 Å². The van der Waals surface area contributed by atoms with Gasteiger partial charge in [-0.05, 0) is 17.7 Å². The highest BCUT2D eigenvalue weighted by Crippen LogP contribution is 2.38. The van der Waals surface area contributed by atoms with Crippen LogP contribution >= 0.6 is 0 Å². The normalized spacial score (nSPS) is 23.5. The Morgan fingerprint density at radius 1 is 1.20 bits per heavy atom. The number of phenols is 1. The van der Waals surface area contributed by atoms with Gasteiger partial charge in [-0.25, -0.2) is 0 Å². The molecule has 2 fully saturated rings. The van der Waals surface area contributed by atoms with E-state index in [-0.39, 0.29) is 0 Å². The lowest BCUT2D eigenvalue weighted by molar-refractivity contribution is -0.191. The zero-order valence-corrected chi connectivity index (χ0v) is 8.65. The number of phenolic OH excluding ortho intramolecular Hbond substituents is 1. The first-order valence-electron chi connectivity index (χ1n) is 5.34. The molecule has 3 nitrogen and oxygen atoms in total. The summed E-state index contributed by atoms with van der Waals surface area (Å²) in [5.74, 6) is 0.339. The van der Waals surface area contributed by atoms with Crippen molar-refractivity contribution in [1.29, 1.82) is 0 Å². The molecule has 1 aromatic carbocycles. The van der Waals surface area contributed by atoms with E-state index < -0.39 is 0 Å². The van der Waals surface area contributed by atoms with E-state index in [0.29, 0.717) is 11.2 Å². The molecule has 0 bridgehead atoms. The van der Waals surface area contributed by atoms with Gasteiger partial charge in [0.05, 0.1) is 13.2 Å². The standard InChI is InChI=1S/C12H15NO2/c14-11-3-1-10(2-4-11)5-13-6-12(7-13)8-15-9-12/h1-4,14H,5-9H2. The number of rotatable bonds is 2. The summed E-state index contributed by atoms with van der Waals surface area (Å²) < 4.78 is 5.23. The Morgan fingerprint density at radius 3 is 2.40 bits per heavy atom. The quantitative estimate of drug-likeness (QED) is 0.788. The van der Waals surface area contributed by atoms with Crippen molar-refractivity contribution in [1.82, 2.24) is 4.90 Å². The van der Waals surface area contributed by atoms with E-state index in [1.807, 2.05) is 12.1 Å². The molecule has 0 aromatic heterocycles. The van der Waals surface area contributed by atoms with Crippen LogP contribution in [0.4, 0.5) is 0 Å². The lowest BCUT2D eigenvalue weighted by Gasteiger charge is -2.55. The van der Waals surface area contributed by atoms with Crippen molar-refractivity contribution < 1.29 is 9.84 Å². The summed E-state index contributed by atoms with van der Waals surface area (Å²) >= 11 is 0. The minimum Gasteiger partial charge on any atom is -0.508 e. The second kappa shape index (κ2) is 3.22. The zero-order chi connectivity index (χ0) is 10.3. The third-order valence-corrected chi connectivity index (χ3v) is 3.28. The van der Waals surface area contributed by atoms with E-state index >= 15 is 0 Å². The van der Waals surface area contributed by atoms with Crippen molar-refractivity contribution in [2.24, 2.45) is 5.41 Å². The van der Waals surface area contributed by atoms with Crippen molar-refractivity contribution in [3.63, 3.8) is 0 Å². The Labute approximate surface area is 89.3 Å². The molecule has 0 radical (unpaired) electrons. The van der Waals surface area contributed by atoms with Gasteiger partial charge in [-0.1, -0.05) is 12.1 Å². The fourth-order valence-electron chi connectivity index (χ4n) is 2.45. The van der Waals surface area contributed by atoms with Gasteiger partial charge in [0.15, 0.2) is 0 Å². The fraction of sp³-hybridized carbons (Fsp3) is 0.500. The summed E-state index contributed by atoms with van der Waals surface area (Å²) in [6.45, 7) is 5.20. The molecule has 1 spiro atoms. The predicted molar refractivity (Wildman–Crippen MR) is 56.6 cm³/mol. The Kier molecular flexibility index (Phi) is 1.97. The minimum atomic E-state index is 0.339. The smallest absolute Gasteiger partial charge is 0.115 e. The molecule has 0 amide bonds. The predicted octanol–water partition coefficient (Wildman–Crippen LogP) is 1.22. The molecule has 0 saturated carbocycles. The van der Waals surface area contributed by atoms with Crippen LogP contribution in [0.15, 0.2) is 24.3 Å². The maximum absolute atomic E-state index is 9.16. The fourth-order valence-corrected chi connectivity index (χ4v) is 2.45. The van der Waals surface area contributed by atoms with Gasteiger partial charge < -0.3 is 9.84 Å². The molecule has 1 aromatic rings. The molecule has 1 N–H and O–H groups in total. The minimum absolute atomic E-state index is 0.339. The van der Waals surface area contributed by atoms with Crippen LogP contribution < -0.4 is 0 Å². The lowest BCUT2D eigenvalue weighted by Crippen LogP contribution is -2.65. The maximum atomic E-state index is 9.16. The number of aromatic hydroxyl groups is 1. The van der Waals surface area contributed by atoms with Crippen molar-refractivity contribution in [2.75, 3.05) is 26.3 Å². The van der Waals surface area contributed by atoms with Crippen LogP contribution in [0, 0.1) is 5.41 Å². The average molecular weight is 205 g/mol. The summed E-state index contributed by atoms with van der Waals surface area (Å²) in [5.41, 5.74) is 1.76. The van der Waals surface area contributed by atoms with Crippen LogP contribution in [-0.4, -0.2) is 36.3 Å². The highest BCUT2D eigenvalue weighted by molar-refractivity contribution is 5.26. The Bertz CT molecular complexity index is 348. The Hall–Kier alpha value is -1.06. The molecule has 3 rings (SSSR count). The highest BCUT2D eigenvalue weighted by Gasteiger charge is 2.48. The molecule has 0 unspecified atom stereocenters. The van der Waals surface area contributed by atoms with Gasteiger partial charge in [-0.3, -0.25) is 4.90 Å². The van der Waals surface area contributed by atoms with Crippen LogP contribution in [0.2, 0.25) is 0 Å². The number of hydrogen-bond acceptors (Lipinski definition) is 3. The van der Waals surface area contributed by atoms with Crippen LogP contribution in [0.25, 0.3) is 0 Å². The molecule has 2 aliphatic heterocycles. The van der Waals surface area contributed by atoms with E-state index in [2.05, 4.69) is 4.90 Å². The molecule has 2 saturated heterocycles. The van der Waals surface area contributed by atoms with Crippen LogP contribution in [0.3, 0.4) is 0 Å². The van der Waals surface area contributed by atoms with Gasteiger partial charge in [0.25, 0.3) is 0 Å². The van der Waals surface area contributed by atoms with Crippen molar-refractivity contribution in [2.45, 2.75) is 6.54 Å². The van der Waals surface area contributed by atoms with Crippen molar-refractivity contribution in [3.05, 3.63) is 29.8 Å². The lowest BCUT2D eigenvalue weighted by atomic mass is 9.78. The topological polar surface area (TPSA) is 32.7 Å². The first kappa shape index (κ1) is 9.19. The van der Waals surface area contributed by atoms with E-state index in [4.69, 9.17) is 9.84 Å². The van der Waals surface area contributed by atoms with E-state index in [1.54, 1.807) is 12.1 Å². The number of benzene rings is 1. The molecular formula is C12H15NO2. The first-order valence-corrected chi connectivity index (χ1v) is 5.34. The van der Waals surface area contributed by atoms with Gasteiger partial charge in [-0.15, -0.1) is 0 Å². The second-order valence-corrected chi connectivity index (χ2v) is 4.80. The summed E-state index contributed by atoms with van der Waals surface area (Å²) in [6.07, 6.45) is 0. The van der Waals surface area contributed by atoms with Gasteiger partial charge in [0.1, 0.15) is 5.75 Å². The monoisotopic (exact) mass is 205 g/mol. The average Bonchev–Trinajstić information content (AvgIpc) is 2.10. The SMILES string of the molecule is Oc1ccc(CN2CC3(COC3)C2)cc1. The summed E-state index contributed by atoms with van der Waals surface area (Å²) in [7, 11) is 0. The van der Waals surface area contributed by atoms with Gasteiger partial charge in [0.2, 0.25) is 0 Å². The molecule has 2 aliphatic rings. The van der Waals surface area contributed by atoms with E-state index in [9.17, 15) is 0 Å². The van der Waals surface area contributed by atoms with Crippen LogP contribution in [0.5, 0.6) is 5.75 Å². The molecule has 0 aliphatic carbocycles. The first-order chi connectivity index (χ1) is 7.26. The Balaban J connectivity index is 1.56. The Morgan fingerprint density at radius 2 is 1.87 bits per heavy atom. The molecule has 15 heavy (non-hydrogen) atoms. The molecule has 3 heteroatoms. The van der Waals surface area contributed by atoms with Crippen LogP contribution in [-0.2, 0) is 11.3 Å². The van der Waals surface area contributed by atoms with Gasteiger partial charge in [-0.2, -0.15) is 0 Å². The number of hydrogen-bond donors (Lipinski definition) is 1. The van der Waals surface area contributed by atoms with Crippen molar-refractivity contribution >= 4 is 0 Å². The summed E-state index contributed by atoms with van der Waals surface area (Å²) in [4.78, 5) is 2.43. The van der Waals surface area contributed by atoms with Gasteiger partial charge >= 0.3 is 0 Å². The maximum Gasteiger partial charge on any atom is 0.115 e. The highest BCUT2D eigenvalue weighted by atomic mass is 16.5. The summed E-state index contributed by atoms with van der Waals surface area (Å²) in [6, 6.07) is 7.46. The van der Waals surface area contributed by atoms with Gasteiger partial charge in [0, 0.05) is 25.0 Å². The molecule has 80 valence electrons. The molecule has 2 heterocycles.